The third-order valence-electron chi connectivity index (χ3n) is 5.75. The van der Waals surface area contributed by atoms with Crippen molar-refractivity contribution < 1.29 is 19.1 Å². The Balaban J connectivity index is 1.66. The van der Waals surface area contributed by atoms with Gasteiger partial charge in [-0.15, -0.1) is 0 Å². The molecule has 1 aliphatic carbocycles. The normalized spacial score (nSPS) is 15.8. The smallest absolute Gasteiger partial charge is 0.407 e. The Bertz CT molecular complexity index is 1090. The van der Waals surface area contributed by atoms with Crippen LogP contribution in [0.3, 0.4) is 0 Å². The van der Waals surface area contributed by atoms with Gasteiger partial charge >= 0.3 is 6.09 Å². The van der Waals surface area contributed by atoms with Gasteiger partial charge in [-0.25, -0.2) is 4.79 Å². The Morgan fingerprint density at radius 3 is 2.32 bits per heavy atom. The average Bonchev–Trinajstić information content (AvgIpc) is 2.75. The van der Waals surface area contributed by atoms with E-state index in [0.29, 0.717) is 24.2 Å². The first kappa shape index (κ1) is 25.2. The molecule has 0 saturated heterocycles. The predicted octanol–water partition coefficient (Wildman–Crippen LogP) is 5.57. The molecule has 0 atom stereocenters. The van der Waals surface area contributed by atoms with Crippen LogP contribution >= 0.6 is 0 Å². The molecule has 0 fully saturated rings. The topological polar surface area (TPSA) is 84.5 Å². The van der Waals surface area contributed by atoms with E-state index in [1.165, 1.54) is 0 Å². The molecule has 180 valence electrons. The number of alkyl carbamates (subject to hydrolysis) is 1. The molecule has 6 heteroatoms. The maximum Gasteiger partial charge on any atom is 0.407 e. The fraction of sp³-hybridized carbons (Fsp3) is 0.393. The summed E-state index contributed by atoms with van der Waals surface area (Å²) in [6.07, 6.45) is 3.69. The van der Waals surface area contributed by atoms with Crippen LogP contribution in [0.2, 0.25) is 0 Å². The van der Waals surface area contributed by atoms with Crippen molar-refractivity contribution >= 4 is 23.5 Å². The lowest BCUT2D eigenvalue weighted by Crippen LogP contribution is -2.39. The maximum absolute atomic E-state index is 13.0. The van der Waals surface area contributed by atoms with Gasteiger partial charge in [0.25, 0.3) is 5.91 Å². The number of hydrogen-bond donors (Lipinski definition) is 2. The van der Waals surface area contributed by atoms with E-state index in [4.69, 9.17) is 4.74 Å². The number of aryl methyl sites for hydroxylation is 1. The fourth-order valence-corrected chi connectivity index (χ4v) is 3.84. The van der Waals surface area contributed by atoms with Gasteiger partial charge in [-0.2, -0.15) is 0 Å². The SMILES string of the molecule is CC(C)(C)OC(=O)NCC(C)(C)c1ccc(NC(=O)/C2=C/CCCc3ccccc3C2=O)cc1. The molecule has 0 bridgehead atoms. The second-order valence-corrected chi connectivity index (χ2v) is 10.3. The first-order valence-corrected chi connectivity index (χ1v) is 11.7. The van der Waals surface area contributed by atoms with Crippen LogP contribution in [-0.4, -0.2) is 29.9 Å². The largest absolute Gasteiger partial charge is 0.444 e. The summed E-state index contributed by atoms with van der Waals surface area (Å²) in [6.45, 7) is 9.91. The van der Waals surface area contributed by atoms with Crippen LogP contribution in [0.1, 0.15) is 68.9 Å². The Morgan fingerprint density at radius 1 is 0.971 bits per heavy atom. The predicted molar refractivity (Wildman–Crippen MR) is 134 cm³/mol. The Kier molecular flexibility index (Phi) is 7.60. The highest BCUT2D eigenvalue weighted by molar-refractivity contribution is 6.29. The second-order valence-electron chi connectivity index (χ2n) is 10.3. The molecule has 2 amide bonds. The van der Waals surface area contributed by atoms with Gasteiger partial charge in [0.2, 0.25) is 0 Å². The molecular formula is C28H34N2O4. The van der Waals surface area contributed by atoms with Crippen molar-refractivity contribution in [3.8, 4) is 0 Å². The zero-order chi connectivity index (χ0) is 24.9. The molecule has 0 unspecified atom stereocenters. The van der Waals surface area contributed by atoms with E-state index in [1.54, 1.807) is 12.1 Å². The first-order chi connectivity index (χ1) is 16.0. The third-order valence-corrected chi connectivity index (χ3v) is 5.75. The highest BCUT2D eigenvalue weighted by Gasteiger charge is 2.25. The van der Waals surface area contributed by atoms with Gasteiger partial charge in [-0.3, -0.25) is 9.59 Å². The van der Waals surface area contributed by atoms with Crippen molar-refractivity contribution in [2.24, 2.45) is 0 Å². The van der Waals surface area contributed by atoms with Crippen molar-refractivity contribution in [2.75, 3.05) is 11.9 Å². The molecule has 2 aromatic carbocycles. The number of hydrogen-bond acceptors (Lipinski definition) is 4. The highest BCUT2D eigenvalue weighted by Crippen LogP contribution is 2.25. The Hall–Kier alpha value is -3.41. The summed E-state index contributed by atoms with van der Waals surface area (Å²) in [5, 5.41) is 5.67. The number of amides is 2. The van der Waals surface area contributed by atoms with E-state index in [0.717, 1.165) is 24.0 Å². The summed E-state index contributed by atoms with van der Waals surface area (Å²) in [5.41, 5.74) is 2.46. The van der Waals surface area contributed by atoms with Crippen LogP contribution in [-0.2, 0) is 21.4 Å². The fourth-order valence-electron chi connectivity index (χ4n) is 3.84. The molecule has 0 heterocycles. The van der Waals surface area contributed by atoms with Crippen molar-refractivity contribution in [3.63, 3.8) is 0 Å². The number of allylic oxidation sites excluding steroid dienone is 1. The minimum absolute atomic E-state index is 0.179. The minimum Gasteiger partial charge on any atom is -0.444 e. The number of rotatable bonds is 5. The number of ketones is 1. The van der Waals surface area contributed by atoms with Crippen molar-refractivity contribution in [1.29, 1.82) is 0 Å². The molecule has 2 aromatic rings. The van der Waals surface area contributed by atoms with Crippen LogP contribution in [0.5, 0.6) is 0 Å². The van der Waals surface area contributed by atoms with E-state index in [9.17, 15) is 14.4 Å². The molecule has 3 rings (SSSR count). The van der Waals surface area contributed by atoms with Crippen LogP contribution in [0.4, 0.5) is 10.5 Å². The van der Waals surface area contributed by atoms with Crippen LogP contribution in [0.15, 0.2) is 60.2 Å². The monoisotopic (exact) mass is 462 g/mol. The van der Waals surface area contributed by atoms with Crippen LogP contribution < -0.4 is 10.6 Å². The highest BCUT2D eigenvalue weighted by atomic mass is 16.6. The van der Waals surface area contributed by atoms with Crippen LogP contribution in [0.25, 0.3) is 0 Å². The summed E-state index contributed by atoms with van der Waals surface area (Å²) >= 11 is 0. The molecular weight excluding hydrogens is 428 g/mol. The molecule has 0 aliphatic heterocycles. The van der Waals surface area contributed by atoms with Crippen molar-refractivity contribution in [1.82, 2.24) is 5.32 Å². The van der Waals surface area contributed by atoms with Gasteiger partial charge < -0.3 is 15.4 Å². The Labute approximate surface area is 201 Å². The van der Waals surface area contributed by atoms with Gasteiger partial charge in [0.15, 0.2) is 5.78 Å². The number of fused-ring (bicyclic) bond motifs is 1. The molecule has 34 heavy (non-hydrogen) atoms. The lowest BCUT2D eigenvalue weighted by atomic mass is 9.84. The number of benzene rings is 2. The molecule has 0 spiro atoms. The third kappa shape index (κ3) is 6.56. The first-order valence-electron chi connectivity index (χ1n) is 11.7. The van der Waals surface area contributed by atoms with E-state index in [2.05, 4.69) is 10.6 Å². The minimum atomic E-state index is -0.552. The molecule has 0 saturated carbocycles. The van der Waals surface area contributed by atoms with Gasteiger partial charge in [0.1, 0.15) is 5.60 Å². The van der Waals surface area contributed by atoms with Crippen molar-refractivity contribution in [3.05, 3.63) is 76.9 Å². The second kappa shape index (κ2) is 10.2. The molecule has 0 radical (unpaired) electrons. The van der Waals surface area contributed by atoms with Crippen molar-refractivity contribution in [2.45, 2.75) is 64.9 Å². The number of anilines is 1. The van der Waals surface area contributed by atoms with E-state index in [1.807, 2.05) is 77.1 Å². The number of carbonyl (C=O) groups excluding carboxylic acids is 3. The summed E-state index contributed by atoms with van der Waals surface area (Å²) < 4.78 is 5.31. The quantitative estimate of drug-likeness (QED) is 0.569. The van der Waals surface area contributed by atoms with E-state index in [-0.39, 0.29) is 16.8 Å². The summed E-state index contributed by atoms with van der Waals surface area (Å²) in [7, 11) is 0. The molecule has 2 N–H and O–H groups in total. The number of carbonyl (C=O) groups is 3. The van der Waals surface area contributed by atoms with Gasteiger partial charge in [0, 0.05) is 23.2 Å². The summed E-state index contributed by atoms with van der Waals surface area (Å²) in [6, 6.07) is 14.9. The molecule has 6 nitrogen and oxygen atoms in total. The molecule has 1 aliphatic rings. The van der Waals surface area contributed by atoms with E-state index >= 15 is 0 Å². The van der Waals surface area contributed by atoms with Gasteiger partial charge in [-0.1, -0.05) is 56.3 Å². The standard InChI is InChI=1S/C28H34N2O4/c1-27(2,3)34-26(33)29-18-28(4,5)20-14-16-21(17-15-20)30-25(32)23-13-9-7-11-19-10-6-8-12-22(19)24(23)31/h6,8,10,12-17H,7,9,11,18H2,1-5H3,(H,29,33)(H,30,32)/b23-13+. The maximum atomic E-state index is 13.0. The zero-order valence-corrected chi connectivity index (χ0v) is 20.7. The van der Waals surface area contributed by atoms with Gasteiger partial charge in [-0.05, 0) is 63.3 Å². The number of ether oxygens (including phenoxy) is 1. The number of Topliss-reactive ketones (excluding diaryl/α,β-unsaturated/α-hetero) is 1. The Morgan fingerprint density at radius 2 is 1.65 bits per heavy atom. The van der Waals surface area contributed by atoms with Crippen LogP contribution in [0, 0.1) is 0 Å². The zero-order valence-electron chi connectivity index (χ0n) is 20.7. The number of nitrogens with one attached hydrogen (secondary N) is 2. The summed E-state index contributed by atoms with van der Waals surface area (Å²) in [4.78, 5) is 38.0. The molecule has 0 aromatic heterocycles. The van der Waals surface area contributed by atoms with E-state index < -0.39 is 17.6 Å². The lowest BCUT2D eigenvalue weighted by molar-refractivity contribution is -0.112. The average molecular weight is 463 g/mol. The lowest BCUT2D eigenvalue weighted by Gasteiger charge is -2.27. The summed E-state index contributed by atoms with van der Waals surface area (Å²) in [5.74, 6) is -0.640. The van der Waals surface area contributed by atoms with Gasteiger partial charge in [0.05, 0.1) is 5.57 Å².